The fourth-order valence-electron chi connectivity index (χ4n) is 0. The summed E-state index contributed by atoms with van der Waals surface area (Å²) in [5, 5.41) is 0. The van der Waals surface area contributed by atoms with E-state index in [9.17, 15) is 0 Å². The van der Waals surface area contributed by atoms with E-state index in [4.69, 9.17) is 0 Å². The number of rotatable bonds is 0. The molecule has 0 saturated heterocycles. The Balaban J connectivity index is 0. The summed E-state index contributed by atoms with van der Waals surface area (Å²) < 4.78 is 0. The maximum atomic E-state index is 0. The van der Waals surface area contributed by atoms with Crippen molar-refractivity contribution in [2.24, 2.45) is 0 Å². The summed E-state index contributed by atoms with van der Waals surface area (Å²) in [6.45, 7) is 0. The molecule has 0 nitrogen and oxygen atoms in total. The molecular formula is H7AlAuCaMg. The van der Waals surface area contributed by atoms with Gasteiger partial charge >= 0.3 is 60.8 Å². The minimum Gasteiger partial charge on any atom is 0.316 e. The van der Waals surface area contributed by atoms with Crippen LogP contribution in [0.25, 0.3) is 0 Å². The summed E-state index contributed by atoms with van der Waals surface area (Å²) >= 11 is 0. The molecule has 0 aromatic heterocycles. The summed E-state index contributed by atoms with van der Waals surface area (Å²) in [7, 11) is 0. The molecule has 0 heterocycles. The van der Waals surface area contributed by atoms with Crippen LogP contribution in [0.3, 0.4) is 0 Å². The van der Waals surface area contributed by atoms with Crippen LogP contribution in [0.4, 0.5) is 0 Å². The van der Waals surface area contributed by atoms with Crippen LogP contribution >= 0.6 is 0 Å². The molecule has 0 aliphatic heterocycles. The fraction of sp³-hybridized carbons (Fsp3) is 0. The largest absolute Gasteiger partial charge is 0.316 e. The van der Waals surface area contributed by atoms with Crippen LogP contribution in [-0.4, -0.2) is 78.2 Å². The molecule has 0 aromatic carbocycles. The first-order valence-electron chi connectivity index (χ1n) is 0. The monoisotopic (exact) mass is 295 g/mol. The van der Waals surface area contributed by atoms with Crippen molar-refractivity contribution < 1.29 is 22.4 Å². The van der Waals surface area contributed by atoms with Crippen molar-refractivity contribution in [2.45, 2.75) is 0 Å². The first kappa shape index (κ1) is 26.6. The molecule has 0 bridgehead atoms. The van der Waals surface area contributed by atoms with Crippen molar-refractivity contribution >= 4 is 78.2 Å². The van der Waals surface area contributed by atoms with Crippen LogP contribution < -0.4 is 0 Å². The number of hydrogen-bond acceptors (Lipinski definition) is 0. The molecule has 0 saturated carbocycles. The molecular weight excluding hydrogens is 288 g/mol. The van der Waals surface area contributed by atoms with E-state index in [-0.39, 0.29) is 101 Å². The molecule has 0 spiro atoms. The summed E-state index contributed by atoms with van der Waals surface area (Å²) in [5.74, 6) is 0. The molecule has 0 aliphatic carbocycles. The topological polar surface area (TPSA) is 0 Å². The summed E-state index contributed by atoms with van der Waals surface area (Å²) in [6, 6.07) is 0. The molecule has 0 N–H and O–H groups in total. The Labute approximate surface area is 98.3 Å². The second kappa shape index (κ2) is 16.3. The van der Waals surface area contributed by atoms with Gasteiger partial charge in [-0.1, -0.05) is 0 Å². The second-order valence-electron chi connectivity index (χ2n) is 0. The standard InChI is InChI=1S/Al.Au.Ca.Mg.7H. The number of hydrogen-bond donors (Lipinski definition) is 0. The molecule has 0 rings (SSSR count). The maximum Gasteiger partial charge on any atom is 0.316 e. The molecule has 0 unspecified atom stereocenters. The van der Waals surface area contributed by atoms with Gasteiger partial charge in [-0.2, -0.15) is 0 Å². The van der Waals surface area contributed by atoms with Crippen LogP contribution in [0.5, 0.6) is 0 Å². The molecule has 4 heteroatoms. The predicted octanol–water partition coefficient (Wildman–Crippen LogP) is -3.02. The van der Waals surface area contributed by atoms with Crippen LogP contribution in [-0.2, 0) is 22.4 Å². The molecule has 1 radical (unpaired) electrons. The second-order valence-corrected chi connectivity index (χ2v) is 0. The van der Waals surface area contributed by atoms with Gasteiger partial charge in [0.25, 0.3) is 0 Å². The third-order valence-corrected chi connectivity index (χ3v) is 0. The van der Waals surface area contributed by atoms with Gasteiger partial charge in [0.05, 0.1) is 0 Å². The van der Waals surface area contributed by atoms with Crippen molar-refractivity contribution in [2.75, 3.05) is 0 Å². The van der Waals surface area contributed by atoms with E-state index in [1.165, 1.54) is 0 Å². The fourth-order valence-corrected chi connectivity index (χ4v) is 0. The van der Waals surface area contributed by atoms with E-state index in [1.807, 2.05) is 0 Å². The van der Waals surface area contributed by atoms with Gasteiger partial charge in [-0.15, -0.1) is 0 Å². The normalized spacial score (nSPS) is 0. The third kappa shape index (κ3) is 9.00. The van der Waals surface area contributed by atoms with Crippen molar-refractivity contribution in [3.8, 4) is 0 Å². The zero-order valence-corrected chi connectivity index (χ0v) is 2.47. The summed E-state index contributed by atoms with van der Waals surface area (Å²) in [6.07, 6.45) is 0. The zero-order valence-electron chi connectivity index (χ0n) is 0.302. The van der Waals surface area contributed by atoms with Crippen LogP contribution in [0.15, 0.2) is 0 Å². The molecule has 0 aliphatic rings. The van der Waals surface area contributed by atoms with E-state index in [0.717, 1.165) is 0 Å². The van der Waals surface area contributed by atoms with E-state index in [1.54, 1.807) is 0 Å². The van der Waals surface area contributed by atoms with Crippen molar-refractivity contribution in [1.82, 2.24) is 0 Å². The molecule has 0 amide bonds. The Kier molecular flexibility index (Phi) is 108. The van der Waals surface area contributed by atoms with E-state index >= 15 is 0 Å². The van der Waals surface area contributed by atoms with Gasteiger partial charge in [0, 0.05) is 22.4 Å². The zero-order chi connectivity index (χ0) is 0. The third-order valence-electron chi connectivity index (χ3n) is 0. The first-order valence-corrected chi connectivity index (χ1v) is 0. The molecule has 0 aromatic rings. The molecule has 4 heavy (non-hydrogen) atoms. The van der Waals surface area contributed by atoms with Gasteiger partial charge in [-0.05, 0) is 0 Å². The van der Waals surface area contributed by atoms with Gasteiger partial charge in [-0.25, -0.2) is 0 Å². The Morgan fingerprint density at radius 3 is 1.00 bits per heavy atom. The molecule has 25 valence electrons. The Bertz CT molecular complexity index is 8.00. The summed E-state index contributed by atoms with van der Waals surface area (Å²) in [5.41, 5.74) is 0. The average Bonchev–Trinajstić information content (AvgIpc) is 0. The molecule has 0 fully saturated rings. The van der Waals surface area contributed by atoms with Crippen molar-refractivity contribution in [3.05, 3.63) is 0 Å². The van der Waals surface area contributed by atoms with Gasteiger partial charge < -0.3 is 0 Å². The minimum atomic E-state index is 0. The average molecular weight is 295 g/mol. The van der Waals surface area contributed by atoms with Crippen LogP contribution in [0.2, 0.25) is 0 Å². The van der Waals surface area contributed by atoms with Gasteiger partial charge in [0.1, 0.15) is 0 Å². The van der Waals surface area contributed by atoms with Gasteiger partial charge in [-0.3, -0.25) is 0 Å². The van der Waals surface area contributed by atoms with E-state index in [0.29, 0.717) is 0 Å². The Hall–Kier alpha value is 3.30. The predicted molar refractivity (Wildman–Crippen MR) is 27.0 cm³/mol. The van der Waals surface area contributed by atoms with Crippen LogP contribution in [0.1, 0.15) is 0 Å². The van der Waals surface area contributed by atoms with Gasteiger partial charge in [0.2, 0.25) is 0 Å². The SMILES string of the molecule is [AlH3].[Au].[CaH2].[MgH2]. The Morgan fingerprint density at radius 2 is 1.00 bits per heavy atom. The smallest absolute Gasteiger partial charge is 0.316 e. The Morgan fingerprint density at radius 1 is 1.00 bits per heavy atom. The minimum absolute atomic E-state index is 0. The van der Waals surface area contributed by atoms with Crippen molar-refractivity contribution in [1.29, 1.82) is 0 Å². The molecule has 0 atom stereocenters. The van der Waals surface area contributed by atoms with E-state index < -0.39 is 0 Å². The quantitative estimate of drug-likeness (QED) is 0.418. The van der Waals surface area contributed by atoms with Crippen molar-refractivity contribution in [3.63, 3.8) is 0 Å². The van der Waals surface area contributed by atoms with Crippen LogP contribution in [0, 0.1) is 0 Å². The van der Waals surface area contributed by atoms with Gasteiger partial charge in [0.15, 0.2) is 17.4 Å². The maximum absolute atomic E-state index is 0. The van der Waals surface area contributed by atoms with E-state index in [2.05, 4.69) is 0 Å². The first-order chi connectivity index (χ1) is 0. The summed E-state index contributed by atoms with van der Waals surface area (Å²) in [4.78, 5) is 0.